The quantitative estimate of drug-likeness (QED) is 0.366. The minimum absolute atomic E-state index is 0.0432. The zero-order chi connectivity index (χ0) is 31.8. The molecule has 44 heavy (non-hydrogen) atoms. The molecule has 3 fully saturated rings. The molecule has 2 bridgehead atoms. The van der Waals surface area contributed by atoms with E-state index in [0.717, 1.165) is 16.8 Å². The van der Waals surface area contributed by atoms with Crippen LogP contribution < -0.4 is 14.5 Å². The molecule has 0 saturated carbocycles. The maximum absolute atomic E-state index is 14.7. The Morgan fingerprint density at radius 1 is 1.07 bits per heavy atom. The topological polar surface area (TPSA) is 99.6 Å². The molecule has 2 unspecified atom stereocenters. The summed E-state index contributed by atoms with van der Waals surface area (Å²) < 4.78 is 12.4. The molecule has 2 aromatic carbocycles. The monoisotopic (exact) mass is 601 g/mol. The molecule has 0 aliphatic carbocycles. The van der Waals surface area contributed by atoms with Crippen molar-refractivity contribution in [2.75, 3.05) is 42.6 Å². The number of ether oxygens (including phenoxy) is 2. The summed E-state index contributed by atoms with van der Waals surface area (Å²) in [4.78, 5) is 48.3. The van der Waals surface area contributed by atoms with Crippen LogP contribution in [0.25, 0.3) is 0 Å². The first-order chi connectivity index (χ1) is 21.1. The number of hydrogen-bond donors (Lipinski definition) is 1. The lowest BCUT2D eigenvalue weighted by molar-refractivity contribution is -0.145. The second kappa shape index (κ2) is 12.2. The lowest BCUT2D eigenvalue weighted by Gasteiger charge is -2.37. The van der Waals surface area contributed by atoms with Gasteiger partial charge < -0.3 is 29.3 Å². The van der Waals surface area contributed by atoms with Crippen molar-refractivity contribution >= 4 is 29.1 Å². The third kappa shape index (κ3) is 5.02. The third-order valence-electron chi connectivity index (χ3n) is 9.39. The summed E-state index contributed by atoms with van der Waals surface area (Å²) in [5, 5.41) is 10.0. The standard InChI is InChI=1S/C35H43N3O6/c1-7-18-36(25-12-14-26(15-13-25)43-9-3)31(40)28-29-32(41)38(20-21-39)30(35(29)17-16-34(28,6)44-35)33(42)37(19-8-2)27-22-23(4)10-11-24(27)5/h7-8,10-15,22,28-30,39H,1-2,9,16-21H2,3-6H3/t28-,29+,30?,34+,35?/m1/s1. The Morgan fingerprint density at radius 2 is 1.75 bits per heavy atom. The van der Waals surface area contributed by atoms with Gasteiger partial charge in [-0.1, -0.05) is 24.3 Å². The number of β-amino-alcohol motifs (C(OH)–C–C–N with tert-alkyl or cyclic N) is 1. The minimum atomic E-state index is -1.21. The minimum Gasteiger partial charge on any atom is -0.494 e. The zero-order valence-corrected chi connectivity index (χ0v) is 26.1. The Balaban J connectivity index is 1.57. The smallest absolute Gasteiger partial charge is 0.253 e. The van der Waals surface area contributed by atoms with Gasteiger partial charge in [0, 0.05) is 31.0 Å². The van der Waals surface area contributed by atoms with Crippen molar-refractivity contribution < 1.29 is 29.0 Å². The molecule has 1 N–H and O–H groups in total. The maximum atomic E-state index is 14.7. The summed E-state index contributed by atoms with van der Waals surface area (Å²) in [5.41, 5.74) is 1.11. The van der Waals surface area contributed by atoms with Gasteiger partial charge >= 0.3 is 0 Å². The van der Waals surface area contributed by atoms with Gasteiger partial charge in [-0.15, -0.1) is 13.2 Å². The molecule has 9 nitrogen and oxygen atoms in total. The highest BCUT2D eigenvalue weighted by molar-refractivity contribution is 6.07. The van der Waals surface area contributed by atoms with Crippen LogP contribution in [0.2, 0.25) is 0 Å². The number of amides is 3. The van der Waals surface area contributed by atoms with Crippen molar-refractivity contribution in [3.05, 3.63) is 78.9 Å². The van der Waals surface area contributed by atoms with Crippen LogP contribution >= 0.6 is 0 Å². The van der Waals surface area contributed by atoms with E-state index in [-0.39, 0.29) is 44.0 Å². The highest BCUT2D eigenvalue weighted by Crippen LogP contribution is 2.63. The van der Waals surface area contributed by atoms with Crippen LogP contribution in [0, 0.1) is 25.7 Å². The van der Waals surface area contributed by atoms with Gasteiger partial charge in [0.15, 0.2) is 0 Å². The van der Waals surface area contributed by atoms with Crippen molar-refractivity contribution in [2.24, 2.45) is 11.8 Å². The van der Waals surface area contributed by atoms with E-state index in [1.807, 2.05) is 70.2 Å². The van der Waals surface area contributed by atoms with Crippen molar-refractivity contribution in [3.8, 4) is 5.75 Å². The van der Waals surface area contributed by atoms with Crippen molar-refractivity contribution in [1.29, 1.82) is 0 Å². The van der Waals surface area contributed by atoms with Crippen molar-refractivity contribution in [3.63, 3.8) is 0 Å². The molecule has 5 atom stereocenters. The number of nitrogens with zero attached hydrogens (tertiary/aromatic N) is 3. The molecule has 9 heteroatoms. The number of aliphatic hydroxyl groups is 1. The number of carbonyl (C=O) groups is 3. The average molecular weight is 602 g/mol. The number of benzene rings is 2. The highest BCUT2D eigenvalue weighted by atomic mass is 16.5. The van der Waals surface area contributed by atoms with E-state index in [9.17, 15) is 19.5 Å². The van der Waals surface area contributed by atoms with Gasteiger partial charge in [0.2, 0.25) is 11.8 Å². The SMILES string of the molecule is C=CCN(C(=O)[C@H]1[C@H]2C(=O)N(CCO)C(C(=O)N(CC=C)c3cc(C)ccc3C)C23CC[C@]1(C)O3)c1ccc(OCC)cc1. The molecule has 3 saturated heterocycles. The Labute approximate surface area is 259 Å². The van der Waals surface area contributed by atoms with Gasteiger partial charge in [-0.05, 0) is 82.0 Å². The van der Waals surface area contributed by atoms with Crippen LogP contribution in [0.5, 0.6) is 5.75 Å². The highest BCUT2D eigenvalue weighted by Gasteiger charge is 2.78. The fourth-order valence-electron chi connectivity index (χ4n) is 7.53. The fourth-order valence-corrected chi connectivity index (χ4v) is 7.53. The molecule has 3 aliphatic heterocycles. The molecule has 5 rings (SSSR count). The van der Waals surface area contributed by atoms with Crippen LogP contribution in [0.1, 0.15) is 37.8 Å². The summed E-state index contributed by atoms with van der Waals surface area (Å²) in [7, 11) is 0. The summed E-state index contributed by atoms with van der Waals surface area (Å²) in [5.74, 6) is -1.93. The van der Waals surface area contributed by atoms with Gasteiger partial charge in [0.05, 0.1) is 30.7 Å². The van der Waals surface area contributed by atoms with E-state index in [1.54, 1.807) is 22.0 Å². The molecular weight excluding hydrogens is 558 g/mol. The van der Waals surface area contributed by atoms with Gasteiger partial charge in [0.1, 0.15) is 17.4 Å². The first-order valence-electron chi connectivity index (χ1n) is 15.3. The van der Waals surface area contributed by atoms with Gasteiger partial charge in [0.25, 0.3) is 5.91 Å². The first-order valence-corrected chi connectivity index (χ1v) is 15.3. The Kier molecular flexibility index (Phi) is 8.73. The number of likely N-dealkylation sites (tertiary alicyclic amines) is 1. The fraction of sp³-hybridized carbons (Fsp3) is 0.457. The number of aliphatic hydroxyl groups excluding tert-OH is 1. The van der Waals surface area contributed by atoms with Crippen LogP contribution in [-0.2, 0) is 19.1 Å². The van der Waals surface area contributed by atoms with Crippen LogP contribution in [-0.4, -0.2) is 77.8 Å². The largest absolute Gasteiger partial charge is 0.494 e. The molecule has 1 spiro atoms. The zero-order valence-electron chi connectivity index (χ0n) is 26.1. The summed E-state index contributed by atoms with van der Waals surface area (Å²) in [6, 6.07) is 12.1. The van der Waals surface area contributed by atoms with E-state index in [2.05, 4.69) is 13.2 Å². The van der Waals surface area contributed by atoms with Crippen LogP contribution in [0.15, 0.2) is 67.8 Å². The predicted molar refractivity (Wildman–Crippen MR) is 170 cm³/mol. The van der Waals surface area contributed by atoms with Crippen molar-refractivity contribution in [1.82, 2.24) is 4.90 Å². The average Bonchev–Trinajstić information content (AvgIpc) is 3.57. The molecule has 2 aromatic rings. The van der Waals surface area contributed by atoms with E-state index in [4.69, 9.17) is 9.47 Å². The van der Waals surface area contributed by atoms with Crippen LogP contribution in [0.3, 0.4) is 0 Å². The molecule has 0 aromatic heterocycles. The Hall–Kier alpha value is -3.95. The van der Waals surface area contributed by atoms with E-state index >= 15 is 0 Å². The third-order valence-corrected chi connectivity index (χ3v) is 9.39. The number of rotatable bonds is 12. The molecule has 3 aliphatic rings. The van der Waals surface area contributed by atoms with E-state index in [0.29, 0.717) is 30.9 Å². The molecule has 0 radical (unpaired) electrons. The lowest BCUT2D eigenvalue weighted by atomic mass is 9.66. The summed E-state index contributed by atoms with van der Waals surface area (Å²) in [6.07, 6.45) is 4.27. The summed E-state index contributed by atoms with van der Waals surface area (Å²) >= 11 is 0. The van der Waals surface area contributed by atoms with Gasteiger partial charge in [-0.3, -0.25) is 14.4 Å². The molecule has 234 valence electrons. The molecular formula is C35H43N3O6. The maximum Gasteiger partial charge on any atom is 0.253 e. The van der Waals surface area contributed by atoms with E-state index in [1.165, 1.54) is 4.90 Å². The molecule has 3 heterocycles. The Morgan fingerprint density at radius 3 is 2.39 bits per heavy atom. The van der Waals surface area contributed by atoms with Crippen LogP contribution in [0.4, 0.5) is 11.4 Å². The Bertz CT molecular complexity index is 1460. The van der Waals surface area contributed by atoms with Crippen molar-refractivity contribution in [2.45, 2.75) is 57.8 Å². The summed E-state index contributed by atoms with van der Waals surface area (Å²) in [6.45, 7) is 16.1. The predicted octanol–water partition coefficient (Wildman–Crippen LogP) is 4.20. The normalized spacial score (nSPS) is 26.8. The number of fused-ring (bicyclic) bond motifs is 1. The van der Waals surface area contributed by atoms with E-state index < -0.39 is 29.1 Å². The number of anilines is 2. The number of carbonyl (C=O) groups excluding carboxylic acids is 3. The number of hydrogen-bond acceptors (Lipinski definition) is 6. The second-order valence-corrected chi connectivity index (χ2v) is 12.2. The van der Waals surface area contributed by atoms with Gasteiger partial charge in [-0.25, -0.2) is 0 Å². The van der Waals surface area contributed by atoms with Gasteiger partial charge in [-0.2, -0.15) is 0 Å². The number of aryl methyl sites for hydroxylation is 2. The second-order valence-electron chi connectivity index (χ2n) is 12.2. The molecule has 3 amide bonds. The first kappa shape index (κ1) is 31.5. The lowest BCUT2D eigenvalue weighted by Crippen LogP contribution is -2.57.